The average Bonchev–Trinajstić information content (AvgIpc) is 3.40. The molecule has 1 aliphatic rings. The van der Waals surface area contributed by atoms with Gasteiger partial charge in [-0.25, -0.2) is 0 Å². The maximum absolute atomic E-state index is 12.5. The van der Waals surface area contributed by atoms with Crippen molar-refractivity contribution in [2.24, 2.45) is 5.92 Å². The lowest BCUT2D eigenvalue weighted by molar-refractivity contribution is -0.130. The number of hydrogen-bond donors (Lipinski definition) is 0. The highest BCUT2D eigenvalue weighted by Gasteiger charge is 2.36. The second-order valence-electron chi connectivity index (χ2n) is 8.11. The van der Waals surface area contributed by atoms with Crippen molar-refractivity contribution in [3.05, 3.63) is 60.0 Å². The van der Waals surface area contributed by atoms with Gasteiger partial charge in [0.15, 0.2) is 0 Å². The van der Waals surface area contributed by atoms with Crippen LogP contribution in [0, 0.1) is 5.92 Å². The predicted molar refractivity (Wildman–Crippen MR) is 116 cm³/mol. The molecule has 0 aliphatic carbocycles. The predicted octanol–water partition coefficient (Wildman–Crippen LogP) is 4.64. The van der Waals surface area contributed by atoms with Gasteiger partial charge < -0.3 is 18.9 Å². The summed E-state index contributed by atoms with van der Waals surface area (Å²) in [5.74, 6) is 3.09. The lowest BCUT2D eigenvalue weighted by Gasteiger charge is -2.22. The van der Waals surface area contributed by atoms with E-state index in [9.17, 15) is 4.79 Å². The molecule has 1 fully saturated rings. The summed E-state index contributed by atoms with van der Waals surface area (Å²) < 4.78 is 16.6. The molecule has 0 spiro atoms. The van der Waals surface area contributed by atoms with Crippen LogP contribution >= 0.6 is 0 Å². The van der Waals surface area contributed by atoms with Gasteiger partial charge in [0, 0.05) is 18.5 Å². The Balaban J connectivity index is 1.48. The molecular formula is C24H27N3O4. The molecule has 0 saturated carbocycles. The maximum Gasteiger partial charge on any atom is 0.249 e. The summed E-state index contributed by atoms with van der Waals surface area (Å²) in [6.07, 6.45) is 1.13. The summed E-state index contributed by atoms with van der Waals surface area (Å²) in [5.41, 5.74) is 1.84. The zero-order chi connectivity index (χ0) is 21.8. The molecule has 1 saturated heterocycles. The minimum Gasteiger partial charge on any atom is -0.497 e. The third-order valence-corrected chi connectivity index (χ3v) is 5.24. The van der Waals surface area contributed by atoms with Crippen molar-refractivity contribution in [1.29, 1.82) is 0 Å². The van der Waals surface area contributed by atoms with Crippen molar-refractivity contribution in [2.75, 3.05) is 13.7 Å². The van der Waals surface area contributed by atoms with Crippen molar-refractivity contribution in [3.63, 3.8) is 0 Å². The Labute approximate surface area is 182 Å². The first-order chi connectivity index (χ1) is 15.0. The van der Waals surface area contributed by atoms with Crippen LogP contribution < -0.4 is 9.47 Å². The lowest BCUT2D eigenvalue weighted by Crippen LogP contribution is -2.27. The topological polar surface area (TPSA) is 77.7 Å². The summed E-state index contributed by atoms with van der Waals surface area (Å²) in [4.78, 5) is 18.9. The van der Waals surface area contributed by atoms with Gasteiger partial charge in [0.05, 0.1) is 13.7 Å². The van der Waals surface area contributed by atoms with E-state index < -0.39 is 0 Å². The zero-order valence-electron chi connectivity index (χ0n) is 18.1. The highest BCUT2D eigenvalue weighted by atomic mass is 16.5. The number of carbonyl (C=O) groups excluding carboxylic acids is 1. The molecule has 4 rings (SSSR count). The molecule has 7 heteroatoms. The van der Waals surface area contributed by atoms with Crippen LogP contribution in [0.15, 0.2) is 53.1 Å². The van der Waals surface area contributed by atoms with Gasteiger partial charge in [0.2, 0.25) is 17.6 Å². The monoisotopic (exact) mass is 421 g/mol. The molecule has 0 N–H and O–H groups in total. The van der Waals surface area contributed by atoms with E-state index in [0.29, 0.717) is 43.6 Å². The molecular weight excluding hydrogens is 394 g/mol. The number of hydrogen-bond acceptors (Lipinski definition) is 6. The number of likely N-dealkylation sites (tertiary alicyclic amines) is 1. The van der Waals surface area contributed by atoms with Crippen LogP contribution in [0.5, 0.6) is 11.5 Å². The van der Waals surface area contributed by atoms with Crippen LogP contribution in [0.2, 0.25) is 0 Å². The number of carbonyl (C=O) groups is 1. The first kappa shape index (κ1) is 20.9. The Morgan fingerprint density at radius 2 is 1.97 bits per heavy atom. The average molecular weight is 421 g/mol. The zero-order valence-corrected chi connectivity index (χ0v) is 18.1. The molecule has 162 valence electrons. The van der Waals surface area contributed by atoms with E-state index in [2.05, 4.69) is 24.0 Å². The number of aromatic nitrogens is 2. The number of nitrogens with zero attached hydrogens (tertiary/aromatic N) is 3. The summed E-state index contributed by atoms with van der Waals surface area (Å²) in [5, 5.41) is 4.14. The Kier molecular flexibility index (Phi) is 6.21. The van der Waals surface area contributed by atoms with Crippen LogP contribution in [-0.2, 0) is 11.3 Å². The van der Waals surface area contributed by atoms with Crippen LogP contribution in [0.1, 0.15) is 44.2 Å². The van der Waals surface area contributed by atoms with Crippen LogP contribution in [0.25, 0.3) is 11.4 Å². The second-order valence-corrected chi connectivity index (χ2v) is 8.11. The summed E-state index contributed by atoms with van der Waals surface area (Å²) in [7, 11) is 1.63. The molecule has 2 aromatic carbocycles. The van der Waals surface area contributed by atoms with E-state index in [1.165, 1.54) is 0 Å². The van der Waals surface area contributed by atoms with Crippen LogP contribution in [0.4, 0.5) is 0 Å². The second kappa shape index (κ2) is 9.20. The Morgan fingerprint density at radius 1 is 1.16 bits per heavy atom. The third kappa shape index (κ3) is 4.87. The van der Waals surface area contributed by atoms with Crippen molar-refractivity contribution in [3.8, 4) is 22.9 Å². The minimum atomic E-state index is -0.228. The molecule has 0 radical (unpaired) electrons. The van der Waals surface area contributed by atoms with Gasteiger partial charge in [-0.05, 0) is 54.3 Å². The quantitative estimate of drug-likeness (QED) is 0.527. The van der Waals surface area contributed by atoms with E-state index >= 15 is 0 Å². The maximum atomic E-state index is 12.5. The number of ether oxygens (including phenoxy) is 2. The van der Waals surface area contributed by atoms with Gasteiger partial charge in [-0.15, -0.1) is 0 Å². The molecule has 3 aromatic rings. The SMILES string of the molecule is COc1cccc(CN2C(=O)CCC2c2nc(-c3ccc(OCC(C)C)cc3)no2)c1. The molecule has 1 amide bonds. The van der Waals surface area contributed by atoms with Crippen LogP contribution in [-0.4, -0.2) is 34.7 Å². The van der Waals surface area contributed by atoms with Crippen molar-refractivity contribution < 1.29 is 18.8 Å². The van der Waals surface area contributed by atoms with Crippen molar-refractivity contribution >= 4 is 5.91 Å². The summed E-state index contributed by atoms with van der Waals surface area (Å²) >= 11 is 0. The Hall–Kier alpha value is -3.35. The van der Waals surface area contributed by atoms with E-state index in [-0.39, 0.29) is 11.9 Å². The first-order valence-corrected chi connectivity index (χ1v) is 10.5. The molecule has 7 nitrogen and oxygen atoms in total. The Bertz CT molecular complexity index is 1030. The van der Waals surface area contributed by atoms with Crippen LogP contribution in [0.3, 0.4) is 0 Å². The number of rotatable bonds is 8. The standard InChI is InChI=1S/C24H27N3O4/c1-16(2)15-30-19-9-7-18(8-10-19)23-25-24(31-26-23)21-11-12-22(28)27(21)14-17-5-4-6-20(13-17)29-3/h4-10,13,16,21H,11-12,14-15H2,1-3H3. The molecule has 1 unspecified atom stereocenters. The fraction of sp³-hybridized carbons (Fsp3) is 0.375. The summed E-state index contributed by atoms with van der Waals surface area (Å²) in [6, 6.07) is 15.1. The number of methoxy groups -OCH3 is 1. The highest BCUT2D eigenvalue weighted by Crippen LogP contribution is 2.34. The summed E-state index contributed by atoms with van der Waals surface area (Å²) in [6.45, 7) is 5.37. The molecule has 31 heavy (non-hydrogen) atoms. The van der Waals surface area contributed by atoms with Gasteiger partial charge >= 0.3 is 0 Å². The molecule has 0 bridgehead atoms. The van der Waals surface area contributed by atoms with Gasteiger partial charge in [0.25, 0.3) is 0 Å². The van der Waals surface area contributed by atoms with Crippen molar-refractivity contribution in [2.45, 2.75) is 39.3 Å². The Morgan fingerprint density at radius 3 is 2.71 bits per heavy atom. The normalized spacial score (nSPS) is 16.2. The van der Waals surface area contributed by atoms with Gasteiger partial charge in [-0.1, -0.05) is 31.1 Å². The van der Waals surface area contributed by atoms with Gasteiger partial charge in [-0.3, -0.25) is 4.79 Å². The number of benzene rings is 2. The first-order valence-electron chi connectivity index (χ1n) is 10.5. The fourth-order valence-corrected chi connectivity index (χ4v) is 3.61. The smallest absolute Gasteiger partial charge is 0.249 e. The fourth-order valence-electron chi connectivity index (χ4n) is 3.61. The minimum absolute atomic E-state index is 0.0826. The number of amides is 1. The van der Waals surface area contributed by atoms with Gasteiger partial charge in [-0.2, -0.15) is 4.98 Å². The molecule has 1 aromatic heterocycles. The molecule has 1 atom stereocenters. The largest absolute Gasteiger partial charge is 0.497 e. The lowest BCUT2D eigenvalue weighted by atomic mass is 10.1. The highest BCUT2D eigenvalue weighted by molar-refractivity contribution is 5.78. The molecule has 2 heterocycles. The van der Waals surface area contributed by atoms with Gasteiger partial charge in [0.1, 0.15) is 17.5 Å². The molecule has 1 aliphatic heterocycles. The third-order valence-electron chi connectivity index (χ3n) is 5.24. The van der Waals surface area contributed by atoms with E-state index in [1.807, 2.05) is 48.5 Å². The van der Waals surface area contributed by atoms with Crippen molar-refractivity contribution in [1.82, 2.24) is 15.0 Å². The van der Waals surface area contributed by atoms with E-state index in [4.69, 9.17) is 14.0 Å². The van der Waals surface area contributed by atoms with E-state index in [1.54, 1.807) is 12.0 Å². The van der Waals surface area contributed by atoms with E-state index in [0.717, 1.165) is 22.6 Å².